The first kappa shape index (κ1) is 30.3. The standard InChI is InChI=1S/C27H43NO7/c1-25(2,3)33-22(29)19(14-13-17-32-20-15-11-10-12-16-20)18-21(23(30)34-26(4,5)6)28-24(31)35-27(7,8)9/h10-12,15-16,19,21H,13-14,17-18H2,1-9H3,(H,28,31). The monoisotopic (exact) mass is 493 g/mol. The first-order valence-corrected chi connectivity index (χ1v) is 12.1. The van der Waals surface area contributed by atoms with Crippen LogP contribution in [0.15, 0.2) is 30.3 Å². The first-order valence-electron chi connectivity index (χ1n) is 12.1. The summed E-state index contributed by atoms with van der Waals surface area (Å²) in [5.41, 5.74) is -2.21. The molecule has 0 saturated carbocycles. The Morgan fingerprint density at radius 3 is 1.80 bits per heavy atom. The fourth-order valence-corrected chi connectivity index (χ4v) is 3.07. The summed E-state index contributed by atoms with van der Waals surface area (Å²) >= 11 is 0. The molecule has 0 bridgehead atoms. The Hall–Kier alpha value is -2.77. The molecule has 0 aliphatic carbocycles. The molecule has 35 heavy (non-hydrogen) atoms. The van der Waals surface area contributed by atoms with Gasteiger partial charge in [0.25, 0.3) is 0 Å². The number of rotatable bonds is 10. The fourth-order valence-electron chi connectivity index (χ4n) is 3.07. The van der Waals surface area contributed by atoms with Gasteiger partial charge in [0.1, 0.15) is 28.6 Å². The Labute approximate surface area is 210 Å². The summed E-state index contributed by atoms with van der Waals surface area (Å²) in [6.45, 7) is 16.1. The van der Waals surface area contributed by atoms with Gasteiger partial charge in [0.2, 0.25) is 0 Å². The third-order valence-electron chi connectivity index (χ3n) is 4.35. The molecule has 2 unspecified atom stereocenters. The molecule has 198 valence electrons. The fraction of sp³-hybridized carbons (Fsp3) is 0.667. The highest BCUT2D eigenvalue weighted by molar-refractivity contribution is 5.83. The molecule has 0 fully saturated rings. The third-order valence-corrected chi connectivity index (χ3v) is 4.35. The summed E-state index contributed by atoms with van der Waals surface area (Å²) in [6, 6.07) is 8.29. The highest BCUT2D eigenvalue weighted by Crippen LogP contribution is 2.22. The zero-order valence-electron chi connectivity index (χ0n) is 22.7. The molecule has 0 aromatic heterocycles. The minimum atomic E-state index is -1.09. The molecule has 1 rings (SSSR count). The van der Waals surface area contributed by atoms with Crippen molar-refractivity contribution in [2.24, 2.45) is 5.92 Å². The van der Waals surface area contributed by atoms with E-state index in [9.17, 15) is 14.4 Å². The molecular weight excluding hydrogens is 450 g/mol. The topological polar surface area (TPSA) is 100 Å². The number of esters is 2. The van der Waals surface area contributed by atoms with Crippen molar-refractivity contribution >= 4 is 18.0 Å². The van der Waals surface area contributed by atoms with Gasteiger partial charge in [0.05, 0.1) is 12.5 Å². The van der Waals surface area contributed by atoms with Gasteiger partial charge >= 0.3 is 18.0 Å². The number of benzene rings is 1. The van der Waals surface area contributed by atoms with Crippen LogP contribution in [0.25, 0.3) is 0 Å². The maximum Gasteiger partial charge on any atom is 0.408 e. The molecule has 8 heteroatoms. The summed E-state index contributed by atoms with van der Waals surface area (Å²) in [6.07, 6.45) is 0.196. The predicted molar refractivity (Wildman–Crippen MR) is 134 cm³/mol. The van der Waals surface area contributed by atoms with Crippen LogP contribution < -0.4 is 10.1 Å². The van der Waals surface area contributed by atoms with Gasteiger partial charge in [-0.2, -0.15) is 0 Å². The number of amides is 1. The van der Waals surface area contributed by atoms with Crippen LogP contribution in [-0.2, 0) is 23.8 Å². The Morgan fingerprint density at radius 1 is 0.771 bits per heavy atom. The number of ether oxygens (including phenoxy) is 4. The Bertz CT molecular complexity index is 817. The van der Waals surface area contributed by atoms with Crippen LogP contribution in [0.1, 0.15) is 81.6 Å². The van der Waals surface area contributed by atoms with E-state index in [1.807, 2.05) is 30.3 Å². The molecule has 8 nitrogen and oxygen atoms in total. The summed E-state index contributed by atoms with van der Waals surface area (Å²) < 4.78 is 22.2. The minimum absolute atomic E-state index is 0.00834. The normalized spacial score (nSPS) is 13.9. The molecule has 0 spiro atoms. The van der Waals surface area contributed by atoms with Crippen LogP contribution in [-0.4, -0.2) is 47.5 Å². The van der Waals surface area contributed by atoms with Gasteiger partial charge in [-0.25, -0.2) is 9.59 Å². The highest BCUT2D eigenvalue weighted by atomic mass is 16.6. The lowest BCUT2D eigenvalue weighted by Crippen LogP contribution is -2.47. The first-order chi connectivity index (χ1) is 16.0. The highest BCUT2D eigenvalue weighted by Gasteiger charge is 2.34. The molecule has 0 radical (unpaired) electrons. The molecule has 1 N–H and O–H groups in total. The van der Waals surface area contributed by atoms with Gasteiger partial charge < -0.3 is 24.3 Å². The second-order valence-electron chi connectivity index (χ2n) is 11.5. The van der Waals surface area contributed by atoms with E-state index in [0.717, 1.165) is 5.75 Å². The Morgan fingerprint density at radius 2 is 1.29 bits per heavy atom. The number of alkyl carbamates (subject to hydrolysis) is 1. The maximum atomic E-state index is 13.0. The van der Waals surface area contributed by atoms with E-state index in [4.69, 9.17) is 18.9 Å². The SMILES string of the molecule is CC(C)(C)OC(=O)NC(CC(CCCOc1ccccc1)C(=O)OC(C)(C)C)C(=O)OC(C)(C)C. The van der Waals surface area contributed by atoms with E-state index in [2.05, 4.69) is 5.32 Å². The van der Waals surface area contributed by atoms with Crippen molar-refractivity contribution in [2.75, 3.05) is 6.61 Å². The predicted octanol–water partition coefficient (Wildman–Crippen LogP) is 5.43. The molecule has 0 aliphatic rings. The maximum absolute atomic E-state index is 13.0. The Balaban J connectivity index is 2.99. The molecule has 1 aromatic carbocycles. The number of carbonyl (C=O) groups excluding carboxylic acids is 3. The van der Waals surface area contributed by atoms with Gasteiger partial charge in [-0.1, -0.05) is 18.2 Å². The van der Waals surface area contributed by atoms with Crippen molar-refractivity contribution in [1.29, 1.82) is 0 Å². The van der Waals surface area contributed by atoms with E-state index in [0.29, 0.717) is 19.4 Å². The number of hydrogen-bond donors (Lipinski definition) is 1. The molecule has 0 saturated heterocycles. The number of nitrogens with one attached hydrogen (secondary N) is 1. The number of carbonyl (C=O) groups is 3. The van der Waals surface area contributed by atoms with Crippen molar-refractivity contribution < 1.29 is 33.3 Å². The lowest BCUT2D eigenvalue weighted by Gasteiger charge is -2.29. The van der Waals surface area contributed by atoms with E-state index in [1.165, 1.54) is 0 Å². The largest absolute Gasteiger partial charge is 0.494 e. The molecule has 0 heterocycles. The second kappa shape index (κ2) is 12.8. The number of para-hydroxylation sites is 1. The zero-order valence-corrected chi connectivity index (χ0v) is 22.7. The molecular formula is C27H43NO7. The minimum Gasteiger partial charge on any atom is -0.494 e. The van der Waals surface area contributed by atoms with Gasteiger partial charge in [-0.05, 0) is 93.7 Å². The van der Waals surface area contributed by atoms with Crippen LogP contribution >= 0.6 is 0 Å². The van der Waals surface area contributed by atoms with Crippen molar-refractivity contribution in [1.82, 2.24) is 5.32 Å². The summed E-state index contributed by atoms with van der Waals surface area (Å²) in [4.78, 5) is 38.4. The lowest BCUT2D eigenvalue weighted by molar-refractivity contribution is -0.163. The third kappa shape index (κ3) is 14.3. The van der Waals surface area contributed by atoms with Crippen molar-refractivity contribution in [2.45, 2.75) is 104 Å². The van der Waals surface area contributed by atoms with Crippen LogP contribution in [0.5, 0.6) is 5.75 Å². The average molecular weight is 494 g/mol. The quantitative estimate of drug-likeness (QED) is 0.263. The summed E-state index contributed by atoms with van der Waals surface area (Å²) in [5.74, 6) is -1.02. The van der Waals surface area contributed by atoms with Crippen molar-refractivity contribution in [3.8, 4) is 5.75 Å². The van der Waals surface area contributed by atoms with Crippen LogP contribution in [0.2, 0.25) is 0 Å². The van der Waals surface area contributed by atoms with Crippen LogP contribution in [0.4, 0.5) is 4.79 Å². The Kier molecular flexibility index (Phi) is 11.1. The molecule has 2 atom stereocenters. The van der Waals surface area contributed by atoms with Gasteiger partial charge in [0, 0.05) is 0 Å². The second-order valence-corrected chi connectivity index (χ2v) is 11.5. The van der Waals surface area contributed by atoms with Gasteiger partial charge in [-0.15, -0.1) is 0 Å². The zero-order chi connectivity index (χ0) is 26.9. The molecule has 1 amide bonds. The van der Waals surface area contributed by atoms with Gasteiger partial charge in [0.15, 0.2) is 0 Å². The summed E-state index contributed by atoms with van der Waals surface area (Å²) in [7, 11) is 0. The van der Waals surface area contributed by atoms with E-state index in [1.54, 1.807) is 62.3 Å². The average Bonchev–Trinajstić information content (AvgIpc) is 2.66. The van der Waals surface area contributed by atoms with Crippen LogP contribution in [0.3, 0.4) is 0 Å². The molecule has 1 aromatic rings. The smallest absolute Gasteiger partial charge is 0.408 e. The van der Waals surface area contributed by atoms with Crippen molar-refractivity contribution in [3.63, 3.8) is 0 Å². The van der Waals surface area contributed by atoms with Crippen molar-refractivity contribution in [3.05, 3.63) is 30.3 Å². The van der Waals surface area contributed by atoms with E-state index in [-0.39, 0.29) is 6.42 Å². The van der Waals surface area contributed by atoms with E-state index < -0.39 is 46.8 Å². The van der Waals surface area contributed by atoms with Crippen LogP contribution in [0, 0.1) is 5.92 Å². The molecule has 0 aliphatic heterocycles. The van der Waals surface area contributed by atoms with E-state index >= 15 is 0 Å². The number of hydrogen-bond acceptors (Lipinski definition) is 7. The summed E-state index contributed by atoms with van der Waals surface area (Å²) in [5, 5.41) is 2.59. The lowest BCUT2D eigenvalue weighted by atomic mass is 9.94. The van der Waals surface area contributed by atoms with Gasteiger partial charge in [-0.3, -0.25) is 4.79 Å².